The Labute approximate surface area is 201 Å². The van der Waals surface area contributed by atoms with Gasteiger partial charge in [-0.05, 0) is 42.5 Å². The molecule has 0 saturated carbocycles. The van der Waals surface area contributed by atoms with Gasteiger partial charge in [0.05, 0.1) is 11.2 Å². The summed E-state index contributed by atoms with van der Waals surface area (Å²) in [5.74, 6) is -2.75. The lowest BCUT2D eigenvalue weighted by molar-refractivity contribution is -0.132. The zero-order valence-electron chi connectivity index (χ0n) is 18.5. The number of sulfone groups is 1. The minimum Gasteiger partial charge on any atom is -0.459 e. The lowest BCUT2D eigenvalue weighted by atomic mass is 10.1. The Morgan fingerprint density at radius 2 is 1.57 bits per heavy atom. The lowest BCUT2D eigenvalue weighted by Crippen LogP contribution is -2.57. The number of halogens is 1. The van der Waals surface area contributed by atoms with Crippen LogP contribution in [0, 0.1) is 5.82 Å². The number of nitrogens with zero attached hydrogens (tertiary/aromatic N) is 2. The van der Waals surface area contributed by atoms with Crippen LogP contribution in [0.15, 0.2) is 82.3 Å². The van der Waals surface area contributed by atoms with Gasteiger partial charge in [-0.3, -0.25) is 14.4 Å². The van der Waals surface area contributed by atoms with E-state index in [1.165, 1.54) is 70.7 Å². The molecule has 1 N–H and O–H groups in total. The lowest BCUT2D eigenvalue weighted by Gasteiger charge is -2.36. The van der Waals surface area contributed by atoms with Crippen molar-refractivity contribution in [2.75, 3.05) is 26.2 Å². The molecule has 2 heterocycles. The smallest absolute Gasteiger partial charge is 0.288 e. The third-order valence-corrected chi connectivity index (χ3v) is 7.43. The summed E-state index contributed by atoms with van der Waals surface area (Å²) in [6.07, 6.45) is 1.26. The first-order chi connectivity index (χ1) is 16.8. The number of furan rings is 1. The molecule has 0 bridgehead atoms. The largest absolute Gasteiger partial charge is 0.459 e. The Kier molecular flexibility index (Phi) is 6.97. The van der Waals surface area contributed by atoms with E-state index in [1.54, 1.807) is 6.07 Å². The minimum atomic E-state index is -4.30. The second kappa shape index (κ2) is 10.1. The number of carbonyl (C=O) groups excluding carboxylic acids is 3. The van der Waals surface area contributed by atoms with E-state index in [0.717, 1.165) is 6.07 Å². The van der Waals surface area contributed by atoms with E-state index in [9.17, 15) is 27.2 Å². The number of carbonyl (C=O) groups is 3. The molecular formula is C24H22FN3O6S. The fourth-order valence-electron chi connectivity index (χ4n) is 3.72. The number of benzene rings is 2. The van der Waals surface area contributed by atoms with Crippen molar-refractivity contribution in [1.82, 2.24) is 15.1 Å². The molecule has 1 saturated heterocycles. The molecule has 0 radical (unpaired) electrons. The summed E-state index contributed by atoms with van der Waals surface area (Å²) in [6, 6.07) is 15.4. The highest BCUT2D eigenvalue weighted by atomic mass is 32.2. The van der Waals surface area contributed by atoms with E-state index >= 15 is 0 Å². The molecule has 11 heteroatoms. The Hall–Kier alpha value is -3.99. The number of piperazine rings is 1. The van der Waals surface area contributed by atoms with Crippen LogP contribution in [0.5, 0.6) is 0 Å². The minimum absolute atomic E-state index is 0.0390. The summed E-state index contributed by atoms with van der Waals surface area (Å²) >= 11 is 0. The van der Waals surface area contributed by atoms with E-state index in [-0.39, 0.29) is 42.4 Å². The van der Waals surface area contributed by atoms with Crippen molar-refractivity contribution in [3.63, 3.8) is 0 Å². The van der Waals surface area contributed by atoms with Gasteiger partial charge < -0.3 is 19.5 Å². The molecule has 1 atom stereocenters. The van der Waals surface area contributed by atoms with Crippen LogP contribution in [-0.4, -0.2) is 67.5 Å². The van der Waals surface area contributed by atoms with Crippen LogP contribution >= 0.6 is 0 Å². The molecule has 35 heavy (non-hydrogen) atoms. The molecule has 1 aliphatic rings. The van der Waals surface area contributed by atoms with Gasteiger partial charge in [0.2, 0.25) is 15.2 Å². The first-order valence-corrected chi connectivity index (χ1v) is 12.3. The standard InChI is InChI=1S/C24H22FN3O6S/c25-18-7-4-6-17(16-18)23(30)27-11-13-28(14-12-27)24(31)22(26-21(29)20-10-5-15-34-20)35(32,33)19-8-2-1-3-9-19/h1-10,15-16,22H,11-14H2,(H,26,29)/t22-/m1/s1. The van der Waals surface area contributed by atoms with Gasteiger partial charge in [-0.2, -0.15) is 0 Å². The van der Waals surface area contributed by atoms with Gasteiger partial charge in [0, 0.05) is 31.7 Å². The Bertz CT molecular complexity index is 1320. The summed E-state index contributed by atoms with van der Waals surface area (Å²) < 4.78 is 45.2. The van der Waals surface area contributed by atoms with E-state index in [1.807, 2.05) is 0 Å². The molecule has 0 unspecified atom stereocenters. The van der Waals surface area contributed by atoms with Gasteiger partial charge in [0.1, 0.15) is 5.82 Å². The van der Waals surface area contributed by atoms with E-state index < -0.39 is 38.7 Å². The third-order valence-electron chi connectivity index (χ3n) is 5.56. The van der Waals surface area contributed by atoms with E-state index in [0.29, 0.717) is 0 Å². The first kappa shape index (κ1) is 24.1. The van der Waals surface area contributed by atoms with Crippen molar-refractivity contribution in [2.24, 2.45) is 0 Å². The van der Waals surface area contributed by atoms with E-state index in [2.05, 4.69) is 5.32 Å². The molecule has 9 nitrogen and oxygen atoms in total. The number of nitrogens with one attached hydrogen (secondary N) is 1. The average molecular weight is 500 g/mol. The molecule has 3 aromatic rings. The monoisotopic (exact) mass is 499 g/mol. The van der Waals surface area contributed by atoms with Crippen LogP contribution in [0.2, 0.25) is 0 Å². The highest BCUT2D eigenvalue weighted by Gasteiger charge is 2.40. The zero-order chi connectivity index (χ0) is 25.0. The SMILES string of the molecule is O=C(N[C@@H](C(=O)N1CCN(C(=O)c2cccc(F)c2)CC1)S(=O)(=O)c1ccccc1)c1ccco1. The molecular weight excluding hydrogens is 477 g/mol. The number of hydrogen-bond donors (Lipinski definition) is 1. The molecule has 4 rings (SSSR count). The van der Waals surface area contributed by atoms with Gasteiger partial charge in [0.25, 0.3) is 17.7 Å². The van der Waals surface area contributed by atoms with Crippen LogP contribution < -0.4 is 5.32 Å². The maximum Gasteiger partial charge on any atom is 0.288 e. The normalized spacial score (nSPS) is 14.9. The number of rotatable bonds is 6. The summed E-state index contributed by atoms with van der Waals surface area (Å²) in [5.41, 5.74) is 0.181. The Morgan fingerprint density at radius 1 is 0.886 bits per heavy atom. The zero-order valence-corrected chi connectivity index (χ0v) is 19.3. The highest BCUT2D eigenvalue weighted by molar-refractivity contribution is 7.92. The average Bonchev–Trinajstić information content (AvgIpc) is 3.42. The van der Waals surface area contributed by atoms with Crippen molar-refractivity contribution in [1.29, 1.82) is 0 Å². The maximum absolute atomic E-state index is 13.5. The number of amides is 3. The second-order valence-electron chi connectivity index (χ2n) is 7.82. The quantitative estimate of drug-likeness (QED) is 0.554. The first-order valence-electron chi connectivity index (χ1n) is 10.7. The van der Waals surface area contributed by atoms with Crippen LogP contribution in [0.1, 0.15) is 20.9 Å². The molecule has 182 valence electrons. The van der Waals surface area contributed by atoms with Crippen molar-refractivity contribution in [3.8, 4) is 0 Å². The topological polar surface area (TPSA) is 117 Å². The molecule has 1 aromatic heterocycles. The summed E-state index contributed by atoms with van der Waals surface area (Å²) in [7, 11) is -4.30. The van der Waals surface area contributed by atoms with Crippen LogP contribution in [0.3, 0.4) is 0 Å². The predicted molar refractivity (Wildman–Crippen MR) is 122 cm³/mol. The van der Waals surface area contributed by atoms with Gasteiger partial charge in [0.15, 0.2) is 5.76 Å². The summed E-state index contributed by atoms with van der Waals surface area (Å²) in [6.45, 7) is 0.311. The third kappa shape index (κ3) is 5.24. The van der Waals surface area contributed by atoms with E-state index in [4.69, 9.17) is 4.42 Å². The van der Waals surface area contributed by atoms with Crippen molar-refractivity contribution in [3.05, 3.63) is 90.1 Å². The fraction of sp³-hybridized carbons (Fsp3) is 0.208. The molecule has 2 aromatic carbocycles. The van der Waals surface area contributed by atoms with Crippen molar-refractivity contribution < 1.29 is 31.6 Å². The van der Waals surface area contributed by atoms with Crippen LogP contribution in [0.4, 0.5) is 4.39 Å². The van der Waals surface area contributed by atoms with Gasteiger partial charge in [-0.25, -0.2) is 12.8 Å². The molecule has 0 aliphatic carbocycles. The summed E-state index contributed by atoms with van der Waals surface area (Å²) in [4.78, 5) is 41.2. The Balaban J connectivity index is 1.52. The maximum atomic E-state index is 13.5. The van der Waals surface area contributed by atoms with Gasteiger partial charge in [-0.1, -0.05) is 24.3 Å². The van der Waals surface area contributed by atoms with Crippen LogP contribution in [-0.2, 0) is 14.6 Å². The molecule has 1 fully saturated rings. The predicted octanol–water partition coefficient (Wildman–Crippen LogP) is 1.93. The Morgan fingerprint density at radius 3 is 2.20 bits per heavy atom. The van der Waals surface area contributed by atoms with Crippen LogP contribution in [0.25, 0.3) is 0 Å². The van der Waals surface area contributed by atoms with Crippen molar-refractivity contribution >= 4 is 27.6 Å². The van der Waals surface area contributed by atoms with Crippen molar-refractivity contribution in [2.45, 2.75) is 10.3 Å². The van der Waals surface area contributed by atoms with Gasteiger partial charge in [-0.15, -0.1) is 0 Å². The van der Waals surface area contributed by atoms with Gasteiger partial charge >= 0.3 is 0 Å². The second-order valence-corrected chi connectivity index (χ2v) is 9.85. The molecule has 0 spiro atoms. The fourth-order valence-corrected chi connectivity index (χ4v) is 5.20. The summed E-state index contributed by atoms with van der Waals surface area (Å²) in [5, 5.41) is 0.392. The molecule has 1 aliphatic heterocycles. The molecule has 3 amide bonds. The highest BCUT2D eigenvalue weighted by Crippen LogP contribution is 2.19. The number of hydrogen-bond acceptors (Lipinski definition) is 6.